The Morgan fingerprint density at radius 1 is 1.27 bits per heavy atom. The molecule has 0 aliphatic rings. The van der Waals surface area contributed by atoms with E-state index in [1.54, 1.807) is 6.07 Å². The largest absolute Gasteiger partial charge is 0.173 e. The summed E-state index contributed by atoms with van der Waals surface area (Å²) in [7, 11) is 0. The molecule has 1 aromatic carbocycles. The summed E-state index contributed by atoms with van der Waals surface area (Å²) < 4.78 is 8.09. The van der Waals surface area contributed by atoms with Crippen molar-refractivity contribution < 1.29 is 0 Å². The molecule has 2 aromatic rings. The van der Waals surface area contributed by atoms with Crippen LogP contribution in [0.5, 0.6) is 0 Å². The summed E-state index contributed by atoms with van der Waals surface area (Å²) in [6, 6.07) is 3.61. The monoisotopic (exact) mass is 183 g/mol. The number of aromatic nitrogens is 2. The second-order valence-corrected chi connectivity index (χ2v) is 3.13. The van der Waals surface area contributed by atoms with Crippen LogP contribution in [0.15, 0.2) is 12.1 Å². The molecule has 0 aliphatic heterocycles. The molecule has 0 spiro atoms. The standard InChI is InChI=1S/C7H4ClN2S/c1-4-2-6-7(3-5(4)8)10-11-9-6/h2-3H,1H2. The molecule has 1 radical (unpaired) electrons. The van der Waals surface area contributed by atoms with Gasteiger partial charge in [0.05, 0.1) is 11.7 Å². The second kappa shape index (κ2) is 2.43. The molecule has 0 unspecified atom stereocenters. The fourth-order valence-corrected chi connectivity index (χ4v) is 1.52. The van der Waals surface area contributed by atoms with Gasteiger partial charge in [0.15, 0.2) is 0 Å². The molecule has 0 saturated heterocycles. The van der Waals surface area contributed by atoms with E-state index in [-0.39, 0.29) is 0 Å². The second-order valence-electron chi connectivity index (χ2n) is 2.20. The van der Waals surface area contributed by atoms with Gasteiger partial charge in [-0.05, 0) is 24.6 Å². The molecule has 0 saturated carbocycles. The number of nitrogens with zero attached hydrogens (tertiary/aromatic N) is 2. The van der Waals surface area contributed by atoms with Gasteiger partial charge >= 0.3 is 0 Å². The summed E-state index contributed by atoms with van der Waals surface area (Å²) in [4.78, 5) is 0. The van der Waals surface area contributed by atoms with Crippen LogP contribution in [0.25, 0.3) is 11.0 Å². The highest BCUT2D eigenvalue weighted by atomic mass is 35.5. The molecular formula is C7H4ClN2S. The van der Waals surface area contributed by atoms with Gasteiger partial charge in [0.1, 0.15) is 11.0 Å². The van der Waals surface area contributed by atoms with Crippen molar-refractivity contribution in [3.8, 4) is 0 Å². The third-order valence-electron chi connectivity index (χ3n) is 1.42. The minimum absolute atomic E-state index is 0.644. The predicted octanol–water partition coefficient (Wildman–Crippen LogP) is 2.53. The highest BCUT2D eigenvalue weighted by Gasteiger charge is 2.01. The van der Waals surface area contributed by atoms with Crippen molar-refractivity contribution in [1.82, 2.24) is 8.75 Å². The average Bonchev–Trinajstić information content (AvgIpc) is 2.36. The van der Waals surface area contributed by atoms with Gasteiger partial charge < -0.3 is 0 Å². The maximum Gasteiger partial charge on any atom is 0.106 e. The van der Waals surface area contributed by atoms with Crippen LogP contribution in [-0.4, -0.2) is 8.75 Å². The molecule has 0 aliphatic carbocycles. The first-order valence-corrected chi connectivity index (χ1v) is 4.12. The molecule has 1 heterocycles. The lowest BCUT2D eigenvalue weighted by Crippen LogP contribution is -1.75. The fourth-order valence-electron chi connectivity index (χ4n) is 0.849. The average molecular weight is 184 g/mol. The van der Waals surface area contributed by atoms with Crippen molar-refractivity contribution in [3.05, 3.63) is 29.6 Å². The van der Waals surface area contributed by atoms with Crippen LogP contribution in [0.3, 0.4) is 0 Å². The first kappa shape index (κ1) is 7.00. The Balaban J connectivity index is 2.86. The Labute approximate surface area is 73.1 Å². The van der Waals surface area contributed by atoms with Crippen molar-refractivity contribution in [2.24, 2.45) is 0 Å². The Morgan fingerprint density at radius 3 is 2.64 bits per heavy atom. The third kappa shape index (κ3) is 1.10. The van der Waals surface area contributed by atoms with Gasteiger partial charge in [-0.25, -0.2) is 0 Å². The van der Waals surface area contributed by atoms with Crippen LogP contribution in [0.2, 0.25) is 5.02 Å². The zero-order chi connectivity index (χ0) is 7.84. The Kier molecular flexibility index (Phi) is 1.55. The van der Waals surface area contributed by atoms with E-state index in [1.165, 1.54) is 11.7 Å². The van der Waals surface area contributed by atoms with Crippen molar-refractivity contribution in [3.63, 3.8) is 0 Å². The normalized spacial score (nSPS) is 10.7. The zero-order valence-corrected chi connectivity index (χ0v) is 7.11. The number of rotatable bonds is 0. The van der Waals surface area contributed by atoms with Crippen LogP contribution in [0, 0.1) is 6.92 Å². The van der Waals surface area contributed by atoms with Gasteiger partial charge in [-0.1, -0.05) is 11.6 Å². The molecule has 2 nitrogen and oxygen atoms in total. The highest BCUT2D eigenvalue weighted by Crippen LogP contribution is 2.21. The maximum absolute atomic E-state index is 5.82. The molecule has 0 atom stereocenters. The number of benzene rings is 1. The van der Waals surface area contributed by atoms with Crippen molar-refractivity contribution in [2.75, 3.05) is 0 Å². The van der Waals surface area contributed by atoms with E-state index >= 15 is 0 Å². The molecule has 2 rings (SSSR count). The Morgan fingerprint density at radius 2 is 1.91 bits per heavy atom. The fraction of sp³-hybridized carbons (Fsp3) is 0. The van der Waals surface area contributed by atoms with Crippen LogP contribution in [-0.2, 0) is 0 Å². The first-order chi connectivity index (χ1) is 5.27. The quantitative estimate of drug-likeness (QED) is 0.627. The van der Waals surface area contributed by atoms with Gasteiger partial charge in [0.2, 0.25) is 0 Å². The lowest BCUT2D eigenvalue weighted by atomic mass is 10.2. The first-order valence-electron chi connectivity index (χ1n) is 3.01. The summed E-state index contributed by atoms with van der Waals surface area (Å²) in [5.74, 6) is 0. The zero-order valence-electron chi connectivity index (χ0n) is 5.54. The van der Waals surface area contributed by atoms with E-state index < -0.39 is 0 Å². The van der Waals surface area contributed by atoms with E-state index in [4.69, 9.17) is 11.6 Å². The van der Waals surface area contributed by atoms with Gasteiger partial charge in [-0.15, -0.1) is 0 Å². The summed E-state index contributed by atoms with van der Waals surface area (Å²) >= 11 is 7.00. The topological polar surface area (TPSA) is 25.8 Å². The minimum Gasteiger partial charge on any atom is -0.173 e. The Hall–Kier alpha value is -0.670. The van der Waals surface area contributed by atoms with Crippen molar-refractivity contribution >= 4 is 34.4 Å². The minimum atomic E-state index is 0.644. The molecule has 1 aromatic heterocycles. The summed E-state index contributed by atoms with van der Waals surface area (Å²) in [5, 5.41) is 0.644. The molecule has 55 valence electrons. The number of fused-ring (bicyclic) bond motifs is 1. The van der Waals surface area contributed by atoms with Gasteiger partial charge in [-0.2, -0.15) is 8.75 Å². The summed E-state index contributed by atoms with van der Waals surface area (Å²) in [5.41, 5.74) is 2.50. The molecule has 4 heteroatoms. The highest BCUT2D eigenvalue weighted by molar-refractivity contribution is 7.00. The maximum atomic E-state index is 5.82. The van der Waals surface area contributed by atoms with Crippen LogP contribution in [0.4, 0.5) is 0 Å². The molecular weight excluding hydrogens is 180 g/mol. The number of halogens is 1. The molecule has 11 heavy (non-hydrogen) atoms. The van der Waals surface area contributed by atoms with Crippen LogP contribution >= 0.6 is 23.3 Å². The Bertz CT molecular complexity index is 360. The lowest BCUT2D eigenvalue weighted by Gasteiger charge is -1.93. The number of hydrogen-bond donors (Lipinski definition) is 0. The number of hydrogen-bond acceptors (Lipinski definition) is 3. The van der Waals surface area contributed by atoms with Gasteiger partial charge in [0, 0.05) is 5.02 Å². The summed E-state index contributed by atoms with van der Waals surface area (Å²) in [6.45, 7) is 3.75. The van der Waals surface area contributed by atoms with Crippen molar-refractivity contribution in [1.29, 1.82) is 0 Å². The van der Waals surface area contributed by atoms with E-state index in [9.17, 15) is 0 Å². The molecule has 0 N–H and O–H groups in total. The van der Waals surface area contributed by atoms with Crippen LogP contribution < -0.4 is 0 Å². The third-order valence-corrected chi connectivity index (χ3v) is 2.33. The summed E-state index contributed by atoms with van der Waals surface area (Å²) in [6.07, 6.45) is 0. The van der Waals surface area contributed by atoms with E-state index in [0.29, 0.717) is 5.02 Å². The molecule has 0 amide bonds. The van der Waals surface area contributed by atoms with Gasteiger partial charge in [-0.3, -0.25) is 0 Å². The van der Waals surface area contributed by atoms with E-state index in [0.717, 1.165) is 16.6 Å². The van der Waals surface area contributed by atoms with Gasteiger partial charge in [0.25, 0.3) is 0 Å². The smallest absolute Gasteiger partial charge is 0.106 e. The lowest BCUT2D eigenvalue weighted by molar-refractivity contribution is 1.59. The molecule has 0 bridgehead atoms. The van der Waals surface area contributed by atoms with Crippen molar-refractivity contribution in [2.45, 2.75) is 0 Å². The van der Waals surface area contributed by atoms with E-state index in [2.05, 4.69) is 15.7 Å². The van der Waals surface area contributed by atoms with Crippen LogP contribution in [0.1, 0.15) is 5.56 Å². The SMILES string of the molecule is [CH2]c1cc2nsnc2cc1Cl. The molecule has 0 fully saturated rings. The van der Waals surface area contributed by atoms with E-state index in [1.807, 2.05) is 6.07 Å². The predicted molar refractivity (Wildman–Crippen MR) is 46.9 cm³/mol.